The Kier molecular flexibility index (Phi) is 4.36. The third-order valence-electron chi connectivity index (χ3n) is 6.05. The van der Waals surface area contributed by atoms with E-state index in [0.717, 1.165) is 47.7 Å². The molecule has 0 radical (unpaired) electrons. The molecule has 0 aromatic carbocycles. The second-order valence-electron chi connectivity index (χ2n) is 8.47. The van der Waals surface area contributed by atoms with Crippen LogP contribution >= 0.6 is 0 Å². The van der Waals surface area contributed by atoms with E-state index < -0.39 is 0 Å². The molecule has 4 aromatic rings. The number of hydrogen-bond donors (Lipinski definition) is 0. The van der Waals surface area contributed by atoms with E-state index in [1.54, 1.807) is 10.5 Å². The fourth-order valence-corrected chi connectivity index (χ4v) is 4.36. The number of hydrogen-bond acceptors (Lipinski definition) is 5. The molecule has 5 rings (SSSR count). The number of rotatable bonds is 3. The highest BCUT2D eigenvalue weighted by Gasteiger charge is 2.24. The fraction of sp³-hybridized carbons (Fsp3) is 0.348. The molecule has 0 bridgehead atoms. The van der Waals surface area contributed by atoms with Crippen LogP contribution < -0.4 is 10.5 Å². The van der Waals surface area contributed by atoms with Gasteiger partial charge in [-0.1, -0.05) is 0 Å². The number of likely N-dealkylation sites (N-methyl/N-ethyl adjacent to an activating group) is 1. The smallest absolute Gasteiger partial charge is 0.258 e. The van der Waals surface area contributed by atoms with Crippen LogP contribution in [-0.4, -0.2) is 56.9 Å². The van der Waals surface area contributed by atoms with Gasteiger partial charge < -0.3 is 14.2 Å². The summed E-state index contributed by atoms with van der Waals surface area (Å²) in [6, 6.07) is 8.21. The molecular weight excluding hydrogens is 376 g/mol. The van der Waals surface area contributed by atoms with E-state index in [2.05, 4.69) is 34.9 Å². The molecule has 1 fully saturated rings. The average Bonchev–Trinajstić information content (AvgIpc) is 3.34. The summed E-state index contributed by atoms with van der Waals surface area (Å²) in [7, 11) is 4.24. The van der Waals surface area contributed by atoms with E-state index in [1.807, 2.05) is 49.0 Å². The van der Waals surface area contributed by atoms with Gasteiger partial charge in [-0.3, -0.25) is 9.20 Å². The number of imidazole rings is 1. The normalized spacial score (nSPS) is 17.0. The Hall–Kier alpha value is -3.19. The summed E-state index contributed by atoms with van der Waals surface area (Å²) in [5.41, 5.74) is 6.20. The quantitative estimate of drug-likeness (QED) is 0.527. The van der Waals surface area contributed by atoms with E-state index in [1.165, 1.54) is 0 Å². The van der Waals surface area contributed by atoms with E-state index >= 15 is 0 Å². The molecule has 1 aliphatic heterocycles. The van der Waals surface area contributed by atoms with Gasteiger partial charge in [0, 0.05) is 49.4 Å². The third kappa shape index (κ3) is 3.15. The van der Waals surface area contributed by atoms with Crippen molar-refractivity contribution in [2.45, 2.75) is 26.3 Å². The number of aryl methyl sites for hydroxylation is 2. The summed E-state index contributed by atoms with van der Waals surface area (Å²) >= 11 is 0. The van der Waals surface area contributed by atoms with Gasteiger partial charge in [0.05, 0.1) is 17.1 Å². The Balaban J connectivity index is 1.54. The molecule has 0 unspecified atom stereocenters. The standard InChI is InChI=1S/C23H26N6O/c1-15-9-17(12-28-11-16(2)24-23(15)28)20-10-22(30)29-14-19(5-6-21(29)25-20)27-8-7-18(13-27)26(3)4/h5-6,9-12,14,18H,7-8,13H2,1-4H3/t18-/m1/s1. The summed E-state index contributed by atoms with van der Waals surface area (Å²) < 4.78 is 3.65. The second-order valence-corrected chi connectivity index (χ2v) is 8.47. The Labute approximate surface area is 175 Å². The van der Waals surface area contributed by atoms with E-state index in [9.17, 15) is 4.79 Å². The lowest BCUT2D eigenvalue weighted by Gasteiger charge is -2.22. The maximum absolute atomic E-state index is 12.9. The lowest BCUT2D eigenvalue weighted by atomic mass is 10.1. The first-order valence-corrected chi connectivity index (χ1v) is 10.3. The molecule has 1 atom stereocenters. The molecule has 1 aliphatic rings. The topological polar surface area (TPSA) is 58.2 Å². The van der Waals surface area contributed by atoms with Gasteiger partial charge in [0.1, 0.15) is 11.3 Å². The minimum absolute atomic E-state index is 0.0697. The molecule has 5 heterocycles. The molecule has 7 heteroatoms. The zero-order chi connectivity index (χ0) is 21.0. The molecule has 0 aliphatic carbocycles. The number of pyridine rings is 2. The average molecular weight is 403 g/mol. The molecular formula is C23H26N6O. The maximum Gasteiger partial charge on any atom is 0.258 e. The van der Waals surface area contributed by atoms with E-state index in [-0.39, 0.29) is 5.56 Å². The van der Waals surface area contributed by atoms with Gasteiger partial charge in [-0.25, -0.2) is 9.97 Å². The largest absolute Gasteiger partial charge is 0.369 e. The summed E-state index contributed by atoms with van der Waals surface area (Å²) in [4.78, 5) is 26.9. The summed E-state index contributed by atoms with van der Waals surface area (Å²) in [6.07, 6.45) is 7.02. The molecule has 30 heavy (non-hydrogen) atoms. The first-order chi connectivity index (χ1) is 14.4. The van der Waals surface area contributed by atoms with Gasteiger partial charge >= 0.3 is 0 Å². The number of aromatic nitrogens is 4. The second kappa shape index (κ2) is 6.95. The summed E-state index contributed by atoms with van der Waals surface area (Å²) in [6.45, 7) is 5.98. The molecule has 4 aromatic heterocycles. The number of anilines is 1. The summed E-state index contributed by atoms with van der Waals surface area (Å²) in [5.74, 6) is 0. The molecule has 0 N–H and O–H groups in total. The highest BCUT2D eigenvalue weighted by molar-refractivity contribution is 5.66. The molecule has 0 spiro atoms. The predicted molar refractivity (Wildman–Crippen MR) is 119 cm³/mol. The van der Waals surface area contributed by atoms with Crippen LogP contribution in [0, 0.1) is 13.8 Å². The monoisotopic (exact) mass is 402 g/mol. The molecule has 0 amide bonds. The summed E-state index contributed by atoms with van der Waals surface area (Å²) in [5, 5.41) is 0. The minimum atomic E-state index is -0.0697. The highest BCUT2D eigenvalue weighted by Crippen LogP contribution is 2.24. The Morgan fingerprint density at radius 1 is 1.07 bits per heavy atom. The Morgan fingerprint density at radius 2 is 1.90 bits per heavy atom. The van der Waals surface area contributed by atoms with Crippen molar-refractivity contribution in [3.63, 3.8) is 0 Å². The van der Waals surface area contributed by atoms with Crippen molar-refractivity contribution in [2.75, 3.05) is 32.1 Å². The first-order valence-electron chi connectivity index (χ1n) is 10.3. The number of fused-ring (bicyclic) bond motifs is 2. The molecule has 154 valence electrons. The van der Waals surface area contributed by atoms with Crippen LogP contribution in [0.1, 0.15) is 17.7 Å². The van der Waals surface area contributed by atoms with Gasteiger partial charge in [-0.2, -0.15) is 0 Å². The van der Waals surface area contributed by atoms with Crippen molar-refractivity contribution in [1.29, 1.82) is 0 Å². The fourth-order valence-electron chi connectivity index (χ4n) is 4.36. The van der Waals surface area contributed by atoms with Crippen LogP contribution in [0.3, 0.4) is 0 Å². The first kappa shape index (κ1) is 18.8. The third-order valence-corrected chi connectivity index (χ3v) is 6.05. The SMILES string of the molecule is Cc1cn2cc(-c3cc(=O)n4cc(N5CC[C@@H](N(C)C)C5)ccc4n3)cc(C)c2n1. The van der Waals surface area contributed by atoms with Crippen molar-refractivity contribution in [2.24, 2.45) is 0 Å². The highest BCUT2D eigenvalue weighted by atomic mass is 16.1. The van der Waals surface area contributed by atoms with Crippen molar-refractivity contribution >= 4 is 17.0 Å². The van der Waals surface area contributed by atoms with Gasteiger partial charge in [0.25, 0.3) is 5.56 Å². The van der Waals surface area contributed by atoms with Crippen LogP contribution in [0.5, 0.6) is 0 Å². The van der Waals surface area contributed by atoms with Crippen LogP contribution in [0.25, 0.3) is 22.6 Å². The van der Waals surface area contributed by atoms with Crippen molar-refractivity contribution in [1.82, 2.24) is 23.7 Å². The van der Waals surface area contributed by atoms with Crippen molar-refractivity contribution in [3.8, 4) is 11.3 Å². The van der Waals surface area contributed by atoms with Gasteiger partial charge in [-0.15, -0.1) is 0 Å². The van der Waals surface area contributed by atoms with Crippen molar-refractivity contribution in [3.05, 3.63) is 64.5 Å². The van der Waals surface area contributed by atoms with Crippen LogP contribution in [-0.2, 0) is 0 Å². The lowest BCUT2D eigenvalue weighted by molar-refractivity contribution is 0.315. The van der Waals surface area contributed by atoms with E-state index in [0.29, 0.717) is 17.4 Å². The minimum Gasteiger partial charge on any atom is -0.369 e. The lowest BCUT2D eigenvalue weighted by Crippen LogP contribution is -2.31. The van der Waals surface area contributed by atoms with Gasteiger partial charge in [0.15, 0.2) is 0 Å². The van der Waals surface area contributed by atoms with E-state index in [4.69, 9.17) is 4.98 Å². The van der Waals surface area contributed by atoms with Crippen LogP contribution in [0.15, 0.2) is 47.7 Å². The molecule has 0 saturated carbocycles. The van der Waals surface area contributed by atoms with Gasteiger partial charge in [0.2, 0.25) is 0 Å². The molecule has 1 saturated heterocycles. The van der Waals surface area contributed by atoms with Gasteiger partial charge in [-0.05, 0) is 58.1 Å². The van der Waals surface area contributed by atoms with Crippen LogP contribution in [0.4, 0.5) is 5.69 Å². The molecule has 7 nitrogen and oxygen atoms in total. The predicted octanol–water partition coefficient (Wildman–Crippen LogP) is 2.77. The zero-order valence-electron chi connectivity index (χ0n) is 17.8. The number of nitrogens with zero attached hydrogens (tertiary/aromatic N) is 6. The Morgan fingerprint density at radius 3 is 2.67 bits per heavy atom. The zero-order valence-corrected chi connectivity index (χ0v) is 17.8. The van der Waals surface area contributed by atoms with Crippen LogP contribution in [0.2, 0.25) is 0 Å². The Bertz CT molecular complexity index is 1320. The maximum atomic E-state index is 12.9. The van der Waals surface area contributed by atoms with Crippen molar-refractivity contribution < 1.29 is 0 Å².